The number of alkyl halides is 3. The normalized spacial score (nSPS) is 14.7. The van der Waals surface area contributed by atoms with Crippen LogP contribution in [-0.4, -0.2) is 54.8 Å². The van der Waals surface area contributed by atoms with Gasteiger partial charge in [-0.2, -0.15) is 13.2 Å². The van der Waals surface area contributed by atoms with E-state index in [0.29, 0.717) is 23.5 Å². The molecule has 0 spiro atoms. The number of thiophene rings is 1. The summed E-state index contributed by atoms with van der Waals surface area (Å²) in [6.45, 7) is 9.46. The zero-order valence-electron chi connectivity index (χ0n) is 26.2. The molecule has 11 heteroatoms. The van der Waals surface area contributed by atoms with E-state index in [1.165, 1.54) is 30.6 Å². The molecule has 0 saturated heterocycles. The van der Waals surface area contributed by atoms with Crippen molar-refractivity contribution in [1.29, 1.82) is 0 Å². The lowest BCUT2D eigenvalue weighted by Gasteiger charge is -2.33. The van der Waals surface area contributed by atoms with Gasteiger partial charge in [0.15, 0.2) is 0 Å². The second kappa shape index (κ2) is 14.5. The Morgan fingerprint density at radius 3 is 2.25 bits per heavy atom. The van der Waals surface area contributed by atoms with Crippen molar-refractivity contribution >= 4 is 27.4 Å². The van der Waals surface area contributed by atoms with E-state index >= 15 is 0 Å². The summed E-state index contributed by atoms with van der Waals surface area (Å²) >= 11 is 1.22. The first-order valence-corrected chi connectivity index (χ1v) is 15.4. The number of esters is 1. The predicted octanol–water partition coefficient (Wildman–Crippen LogP) is 7.06. The van der Waals surface area contributed by atoms with Gasteiger partial charge in [-0.1, -0.05) is 20.8 Å². The number of carbonyl (C=O) groups excluding carboxylic acids is 1. The molecular weight excluding hydrogens is 595 g/mol. The molecule has 3 aromatic rings. The average Bonchev–Trinajstić information content (AvgIpc) is 3.36. The predicted molar refractivity (Wildman–Crippen MR) is 167 cm³/mol. The van der Waals surface area contributed by atoms with Gasteiger partial charge in [-0.05, 0) is 86.4 Å². The number of aliphatic hydroxyl groups is 2. The summed E-state index contributed by atoms with van der Waals surface area (Å²) in [7, 11) is 1.32. The van der Waals surface area contributed by atoms with Crippen molar-refractivity contribution in [2.24, 2.45) is 23.0 Å². The number of hydrogen-bond donors (Lipinski definition) is 3. The van der Waals surface area contributed by atoms with Crippen LogP contribution in [0.3, 0.4) is 0 Å². The van der Waals surface area contributed by atoms with Crippen molar-refractivity contribution in [2.75, 3.05) is 26.9 Å². The zero-order valence-corrected chi connectivity index (χ0v) is 27.0. The van der Waals surface area contributed by atoms with Gasteiger partial charge in [0.25, 0.3) is 0 Å². The minimum atomic E-state index is -4.54. The number of ether oxygens (including phenoxy) is 3. The quantitative estimate of drug-likeness (QED) is 0.162. The molecule has 0 fully saturated rings. The maximum Gasteiger partial charge on any atom is 0.417 e. The van der Waals surface area contributed by atoms with E-state index in [0.717, 1.165) is 16.2 Å². The van der Waals surface area contributed by atoms with Crippen molar-refractivity contribution in [3.8, 4) is 21.9 Å². The number of hydrogen-bond acceptors (Lipinski definition) is 8. The highest BCUT2D eigenvalue weighted by atomic mass is 32.1. The molecule has 0 aliphatic rings. The molecule has 0 aliphatic carbocycles. The van der Waals surface area contributed by atoms with E-state index in [4.69, 9.17) is 19.9 Å². The molecule has 0 bridgehead atoms. The highest BCUT2D eigenvalue weighted by Crippen LogP contribution is 2.43. The molecule has 3 unspecified atom stereocenters. The number of aliphatic hydroxyl groups excluding tert-OH is 2. The molecule has 3 atom stereocenters. The minimum absolute atomic E-state index is 0.0722. The summed E-state index contributed by atoms with van der Waals surface area (Å²) in [5, 5.41) is 21.1. The number of nitrogens with two attached hydrogens (primary N) is 1. The van der Waals surface area contributed by atoms with Crippen LogP contribution in [0.2, 0.25) is 0 Å². The number of benzene rings is 2. The maximum atomic E-state index is 13.8. The summed E-state index contributed by atoms with van der Waals surface area (Å²) in [6.07, 6.45) is -4.20. The molecule has 2 aromatic carbocycles. The minimum Gasteiger partial charge on any atom is -0.497 e. The summed E-state index contributed by atoms with van der Waals surface area (Å²) in [4.78, 5) is 13.2. The second-order valence-electron chi connectivity index (χ2n) is 13.1. The highest BCUT2D eigenvalue weighted by Gasteiger charge is 2.37. The van der Waals surface area contributed by atoms with E-state index < -0.39 is 35.3 Å². The van der Waals surface area contributed by atoms with Gasteiger partial charge in [0.1, 0.15) is 18.1 Å². The van der Waals surface area contributed by atoms with Crippen molar-refractivity contribution < 1.29 is 42.4 Å². The van der Waals surface area contributed by atoms with E-state index in [-0.39, 0.29) is 48.9 Å². The van der Waals surface area contributed by atoms with E-state index in [9.17, 15) is 28.2 Å². The van der Waals surface area contributed by atoms with Gasteiger partial charge < -0.3 is 30.2 Å². The fourth-order valence-electron chi connectivity index (χ4n) is 4.83. The molecule has 0 saturated carbocycles. The average molecular weight is 640 g/mol. The van der Waals surface area contributed by atoms with Gasteiger partial charge in [-0.15, -0.1) is 11.3 Å². The number of methoxy groups -OCH3 is 1. The number of rotatable bonds is 14. The van der Waals surface area contributed by atoms with Gasteiger partial charge in [0.2, 0.25) is 0 Å². The Morgan fingerprint density at radius 2 is 1.66 bits per heavy atom. The second-order valence-corrected chi connectivity index (χ2v) is 14.2. The standard InChI is InChI=1S/C33H44F3NO6S/c1-31(2,3)16-27(32(4,5)37)30(40)43-19-22(39)9-7-20(17-38)18-42-24-10-8-21-13-29(44-28(21)15-24)25-12-11-23(41-6)14-26(25)33(34,35)36/h8,10-15,20,22,27,38-39H,7,9,16-19,37H2,1-6H3. The summed E-state index contributed by atoms with van der Waals surface area (Å²) in [6, 6.07) is 10.9. The van der Waals surface area contributed by atoms with Gasteiger partial charge in [0, 0.05) is 33.2 Å². The maximum absolute atomic E-state index is 13.8. The van der Waals surface area contributed by atoms with Crippen molar-refractivity contribution in [3.05, 3.63) is 48.0 Å². The van der Waals surface area contributed by atoms with Gasteiger partial charge in [-0.3, -0.25) is 4.79 Å². The molecule has 244 valence electrons. The molecule has 1 aromatic heterocycles. The van der Waals surface area contributed by atoms with Crippen LogP contribution in [0.15, 0.2) is 42.5 Å². The Morgan fingerprint density at radius 1 is 0.977 bits per heavy atom. The van der Waals surface area contributed by atoms with Crippen LogP contribution in [-0.2, 0) is 15.7 Å². The van der Waals surface area contributed by atoms with Gasteiger partial charge in [-0.25, -0.2) is 0 Å². The first kappa shape index (κ1) is 35.6. The lowest BCUT2D eigenvalue weighted by Crippen LogP contribution is -2.47. The Labute approximate surface area is 261 Å². The van der Waals surface area contributed by atoms with Crippen LogP contribution in [0, 0.1) is 17.3 Å². The Hall–Kier alpha value is -2.86. The van der Waals surface area contributed by atoms with E-state index in [2.05, 4.69) is 0 Å². The molecule has 44 heavy (non-hydrogen) atoms. The van der Waals surface area contributed by atoms with E-state index in [1.807, 2.05) is 20.8 Å². The van der Waals surface area contributed by atoms with Crippen LogP contribution in [0.5, 0.6) is 11.5 Å². The highest BCUT2D eigenvalue weighted by molar-refractivity contribution is 7.22. The Bertz CT molecular complexity index is 1390. The molecule has 7 nitrogen and oxygen atoms in total. The molecule has 1 heterocycles. The third-order valence-corrected chi connectivity index (χ3v) is 8.49. The SMILES string of the molecule is COc1ccc(-c2cc3ccc(OCC(CO)CCC(O)COC(=O)C(CC(C)(C)C)C(C)(C)N)cc3s2)c(C(F)(F)F)c1. The Kier molecular flexibility index (Phi) is 11.7. The first-order chi connectivity index (χ1) is 20.4. The number of halogens is 3. The first-order valence-electron chi connectivity index (χ1n) is 14.6. The third kappa shape index (κ3) is 10.1. The molecule has 0 radical (unpaired) electrons. The fraction of sp³-hybridized carbons (Fsp3) is 0.545. The lowest BCUT2D eigenvalue weighted by atomic mass is 9.76. The smallest absolute Gasteiger partial charge is 0.417 e. The lowest BCUT2D eigenvalue weighted by molar-refractivity contribution is -0.155. The molecule has 4 N–H and O–H groups in total. The van der Waals surface area contributed by atoms with Crippen molar-refractivity contribution in [1.82, 2.24) is 0 Å². The van der Waals surface area contributed by atoms with Crippen molar-refractivity contribution in [2.45, 2.75) is 71.7 Å². The molecule has 0 aliphatic heterocycles. The fourth-order valence-corrected chi connectivity index (χ4v) is 5.96. The number of carbonyl (C=O) groups is 1. The van der Waals surface area contributed by atoms with Crippen LogP contribution in [0.25, 0.3) is 20.5 Å². The van der Waals surface area contributed by atoms with Gasteiger partial charge in [0.05, 0.1) is 31.3 Å². The summed E-state index contributed by atoms with van der Waals surface area (Å²) in [5.74, 6) is -0.612. The zero-order chi connectivity index (χ0) is 32.9. The van der Waals surface area contributed by atoms with Crippen LogP contribution in [0.1, 0.15) is 59.4 Å². The Balaban J connectivity index is 1.58. The molecular formula is C33H44F3NO6S. The summed E-state index contributed by atoms with van der Waals surface area (Å²) < 4.78 is 58.4. The topological polar surface area (TPSA) is 111 Å². The van der Waals surface area contributed by atoms with Crippen LogP contribution < -0.4 is 15.2 Å². The van der Waals surface area contributed by atoms with E-state index in [1.54, 1.807) is 38.1 Å². The third-order valence-electron chi connectivity index (χ3n) is 7.36. The van der Waals surface area contributed by atoms with Gasteiger partial charge >= 0.3 is 12.1 Å². The number of fused-ring (bicyclic) bond motifs is 1. The molecule has 3 rings (SSSR count). The largest absolute Gasteiger partial charge is 0.497 e. The molecule has 0 amide bonds. The van der Waals surface area contributed by atoms with Crippen LogP contribution in [0.4, 0.5) is 13.2 Å². The van der Waals surface area contributed by atoms with Crippen LogP contribution >= 0.6 is 11.3 Å². The monoisotopic (exact) mass is 639 g/mol. The van der Waals surface area contributed by atoms with Crippen molar-refractivity contribution in [3.63, 3.8) is 0 Å². The summed E-state index contributed by atoms with van der Waals surface area (Å²) in [5.41, 5.74) is 4.63.